The quantitative estimate of drug-likeness (QED) is 0.494. The Hall–Kier alpha value is -2.25. The number of rotatable bonds is 9. The van der Waals surface area contributed by atoms with E-state index in [1.165, 1.54) is 12.8 Å². The predicted molar refractivity (Wildman–Crippen MR) is 106 cm³/mol. The second-order valence-electron chi connectivity index (χ2n) is 7.83. The smallest absolute Gasteiger partial charge is 0.255 e. The molecule has 7 heteroatoms. The summed E-state index contributed by atoms with van der Waals surface area (Å²) in [5, 5.41) is 2.34. The average molecular weight is 386 g/mol. The number of hydrogen-bond acceptors (Lipinski definition) is 5. The van der Waals surface area contributed by atoms with Crippen LogP contribution < -0.4 is 11.1 Å². The van der Waals surface area contributed by atoms with Gasteiger partial charge in [-0.25, -0.2) is 0 Å². The molecule has 3 amide bonds. The molecule has 1 unspecified atom stereocenters. The molecule has 2 heterocycles. The number of benzene rings is 1. The molecule has 0 aliphatic carbocycles. The second kappa shape index (κ2) is 9.30. The summed E-state index contributed by atoms with van der Waals surface area (Å²) in [5.41, 5.74) is 8.25. The zero-order chi connectivity index (χ0) is 20.1. The summed E-state index contributed by atoms with van der Waals surface area (Å²) in [7, 11) is 2.09. The van der Waals surface area contributed by atoms with Gasteiger partial charge in [0.25, 0.3) is 5.91 Å². The van der Waals surface area contributed by atoms with Crippen molar-refractivity contribution in [1.29, 1.82) is 0 Å². The monoisotopic (exact) mass is 386 g/mol. The van der Waals surface area contributed by atoms with Crippen molar-refractivity contribution in [2.75, 3.05) is 20.1 Å². The van der Waals surface area contributed by atoms with E-state index in [-0.39, 0.29) is 24.1 Å². The van der Waals surface area contributed by atoms with Crippen LogP contribution in [0.25, 0.3) is 0 Å². The Morgan fingerprint density at radius 3 is 2.71 bits per heavy atom. The first kappa shape index (κ1) is 20.5. The Bertz CT molecular complexity index is 749. The van der Waals surface area contributed by atoms with Gasteiger partial charge in [0.15, 0.2) is 0 Å². The summed E-state index contributed by atoms with van der Waals surface area (Å²) in [6.45, 7) is 2.99. The number of carbonyl (C=O) groups is 3. The van der Waals surface area contributed by atoms with Crippen LogP contribution in [0.1, 0.15) is 60.0 Å². The molecule has 3 N–H and O–H groups in total. The van der Waals surface area contributed by atoms with E-state index >= 15 is 0 Å². The fourth-order valence-corrected chi connectivity index (χ4v) is 3.97. The van der Waals surface area contributed by atoms with Crippen LogP contribution in [-0.4, -0.2) is 53.7 Å². The summed E-state index contributed by atoms with van der Waals surface area (Å²) < 4.78 is 0. The van der Waals surface area contributed by atoms with Crippen molar-refractivity contribution in [3.63, 3.8) is 0 Å². The maximum absolute atomic E-state index is 12.9. The number of amides is 3. The number of fused-ring (bicyclic) bond motifs is 1. The Morgan fingerprint density at radius 1 is 1.18 bits per heavy atom. The highest BCUT2D eigenvalue weighted by atomic mass is 16.2. The van der Waals surface area contributed by atoms with Gasteiger partial charge in [0.2, 0.25) is 11.8 Å². The van der Waals surface area contributed by atoms with Crippen molar-refractivity contribution in [3.05, 3.63) is 34.9 Å². The van der Waals surface area contributed by atoms with Gasteiger partial charge in [-0.1, -0.05) is 25.0 Å². The topological polar surface area (TPSA) is 95.7 Å². The second-order valence-corrected chi connectivity index (χ2v) is 7.83. The van der Waals surface area contributed by atoms with Crippen LogP contribution in [0.2, 0.25) is 0 Å². The first-order valence-electron chi connectivity index (χ1n) is 10.1. The van der Waals surface area contributed by atoms with Crippen molar-refractivity contribution in [1.82, 2.24) is 15.1 Å². The molecule has 1 saturated heterocycles. The lowest BCUT2D eigenvalue weighted by Crippen LogP contribution is -2.52. The van der Waals surface area contributed by atoms with Gasteiger partial charge in [0.1, 0.15) is 6.04 Å². The Kier molecular flexibility index (Phi) is 6.80. The number of nitrogens with one attached hydrogen (secondary N) is 1. The summed E-state index contributed by atoms with van der Waals surface area (Å²) >= 11 is 0. The van der Waals surface area contributed by atoms with E-state index in [2.05, 4.69) is 23.3 Å². The van der Waals surface area contributed by atoms with Crippen LogP contribution in [0.4, 0.5) is 0 Å². The number of nitrogens with two attached hydrogens (primary N) is 1. The molecule has 1 aromatic rings. The number of unbranched alkanes of at least 4 members (excludes halogenated alkanes) is 3. The molecular weight excluding hydrogens is 356 g/mol. The molecule has 0 bridgehead atoms. The van der Waals surface area contributed by atoms with Gasteiger partial charge in [-0.15, -0.1) is 0 Å². The Balaban J connectivity index is 1.58. The van der Waals surface area contributed by atoms with Crippen molar-refractivity contribution in [2.24, 2.45) is 5.73 Å². The van der Waals surface area contributed by atoms with E-state index in [9.17, 15) is 14.4 Å². The third-order valence-electron chi connectivity index (χ3n) is 5.54. The van der Waals surface area contributed by atoms with Crippen LogP contribution in [0.15, 0.2) is 18.2 Å². The van der Waals surface area contributed by atoms with Gasteiger partial charge in [-0.05, 0) is 56.6 Å². The number of piperidine rings is 1. The number of nitrogens with zero attached hydrogens (tertiary/aromatic N) is 2. The number of imide groups is 1. The van der Waals surface area contributed by atoms with Crippen molar-refractivity contribution in [2.45, 2.75) is 57.7 Å². The van der Waals surface area contributed by atoms with Crippen LogP contribution in [0.3, 0.4) is 0 Å². The molecule has 7 nitrogen and oxygen atoms in total. The molecule has 1 fully saturated rings. The van der Waals surface area contributed by atoms with E-state index < -0.39 is 6.04 Å². The van der Waals surface area contributed by atoms with Crippen LogP contribution in [0.5, 0.6) is 0 Å². The van der Waals surface area contributed by atoms with Crippen molar-refractivity contribution >= 4 is 17.7 Å². The molecule has 2 aliphatic rings. The minimum atomic E-state index is -0.558. The van der Waals surface area contributed by atoms with Gasteiger partial charge in [0, 0.05) is 25.1 Å². The molecule has 0 spiro atoms. The largest absolute Gasteiger partial charge is 0.330 e. The van der Waals surface area contributed by atoms with Crippen LogP contribution in [0, 0.1) is 0 Å². The summed E-state index contributed by atoms with van der Waals surface area (Å²) in [6, 6.07) is 5.44. The van der Waals surface area contributed by atoms with Crippen LogP contribution >= 0.6 is 0 Å². The SMILES string of the molecule is CN(CCCCCCN)Cc1ccc2c(c1)C(=O)N(C1CCC(=O)NC1=O)C2. The van der Waals surface area contributed by atoms with E-state index in [4.69, 9.17) is 5.73 Å². The van der Waals surface area contributed by atoms with Gasteiger partial charge in [0.05, 0.1) is 0 Å². The van der Waals surface area contributed by atoms with E-state index in [1.54, 1.807) is 4.90 Å². The zero-order valence-electron chi connectivity index (χ0n) is 16.6. The molecule has 2 aliphatic heterocycles. The molecule has 0 aromatic heterocycles. The molecule has 3 rings (SSSR count). The fourth-order valence-electron chi connectivity index (χ4n) is 3.97. The van der Waals surface area contributed by atoms with Crippen LogP contribution in [-0.2, 0) is 22.7 Å². The first-order chi connectivity index (χ1) is 13.5. The molecule has 1 aromatic carbocycles. The highest BCUT2D eigenvalue weighted by molar-refractivity contribution is 6.05. The molecule has 0 radical (unpaired) electrons. The predicted octanol–water partition coefficient (Wildman–Crippen LogP) is 1.40. The fraction of sp³-hybridized carbons (Fsp3) is 0.571. The highest BCUT2D eigenvalue weighted by Gasteiger charge is 2.39. The standard InChI is InChI=1S/C21H30N4O3/c1-24(11-5-3-2-4-10-22)13-15-6-7-16-14-25(21(28)17(16)12-15)18-8-9-19(26)23-20(18)27/h6-7,12,18H,2-5,8-11,13-14,22H2,1H3,(H,23,26,27). The minimum Gasteiger partial charge on any atom is -0.330 e. The zero-order valence-corrected chi connectivity index (χ0v) is 16.6. The summed E-state index contributed by atoms with van der Waals surface area (Å²) in [6.07, 6.45) is 5.25. The minimum absolute atomic E-state index is 0.115. The van der Waals surface area contributed by atoms with Gasteiger partial charge >= 0.3 is 0 Å². The first-order valence-corrected chi connectivity index (χ1v) is 10.1. The summed E-state index contributed by atoms with van der Waals surface area (Å²) in [4.78, 5) is 40.2. The molecule has 0 saturated carbocycles. The number of hydrogen-bond donors (Lipinski definition) is 2. The van der Waals surface area contributed by atoms with Crippen molar-refractivity contribution < 1.29 is 14.4 Å². The lowest BCUT2D eigenvalue weighted by atomic mass is 10.0. The summed E-state index contributed by atoms with van der Waals surface area (Å²) in [5.74, 6) is -0.749. The molecule has 28 heavy (non-hydrogen) atoms. The molecule has 152 valence electrons. The van der Waals surface area contributed by atoms with Crippen molar-refractivity contribution in [3.8, 4) is 0 Å². The lowest BCUT2D eigenvalue weighted by Gasteiger charge is -2.29. The normalized spacial score (nSPS) is 19.3. The van der Waals surface area contributed by atoms with E-state index in [1.807, 2.05) is 12.1 Å². The third kappa shape index (κ3) is 4.77. The lowest BCUT2D eigenvalue weighted by molar-refractivity contribution is -0.136. The Morgan fingerprint density at radius 2 is 1.96 bits per heavy atom. The third-order valence-corrected chi connectivity index (χ3v) is 5.54. The Labute approximate surface area is 166 Å². The maximum atomic E-state index is 12.9. The van der Waals surface area contributed by atoms with Gasteiger partial charge in [-0.3, -0.25) is 19.7 Å². The highest BCUT2D eigenvalue weighted by Crippen LogP contribution is 2.28. The molecular formula is C21H30N4O3. The number of carbonyl (C=O) groups excluding carboxylic acids is 3. The van der Waals surface area contributed by atoms with Gasteiger partial charge in [-0.2, -0.15) is 0 Å². The van der Waals surface area contributed by atoms with E-state index in [0.717, 1.165) is 43.6 Å². The van der Waals surface area contributed by atoms with Gasteiger partial charge < -0.3 is 15.5 Å². The maximum Gasteiger partial charge on any atom is 0.255 e. The molecule has 1 atom stereocenters. The van der Waals surface area contributed by atoms with E-state index in [0.29, 0.717) is 18.5 Å². The average Bonchev–Trinajstić information content (AvgIpc) is 2.98.